The van der Waals surface area contributed by atoms with Crippen molar-refractivity contribution in [3.05, 3.63) is 95.0 Å². The first-order valence-corrected chi connectivity index (χ1v) is 11.5. The van der Waals surface area contributed by atoms with Crippen molar-refractivity contribution in [2.24, 2.45) is 0 Å². The van der Waals surface area contributed by atoms with Crippen molar-refractivity contribution < 1.29 is 22.7 Å². The van der Waals surface area contributed by atoms with E-state index in [0.29, 0.717) is 24.1 Å². The predicted molar refractivity (Wildman–Crippen MR) is 129 cm³/mol. The number of hydrogen-bond acceptors (Lipinski definition) is 7. The maximum Gasteiger partial charge on any atom is 0.444 e. The van der Waals surface area contributed by atoms with Gasteiger partial charge in [0.25, 0.3) is 0 Å². The van der Waals surface area contributed by atoms with Crippen molar-refractivity contribution in [3.63, 3.8) is 0 Å². The summed E-state index contributed by atoms with van der Waals surface area (Å²) in [5.74, 6) is -2.15. The van der Waals surface area contributed by atoms with E-state index in [1.807, 2.05) is 6.07 Å². The minimum absolute atomic E-state index is 0.310. The van der Waals surface area contributed by atoms with Gasteiger partial charge < -0.3 is 18.8 Å². The molecule has 1 saturated heterocycles. The first-order valence-electron chi connectivity index (χ1n) is 11.5. The van der Waals surface area contributed by atoms with Crippen molar-refractivity contribution >= 4 is 5.69 Å². The van der Waals surface area contributed by atoms with Gasteiger partial charge in [0.2, 0.25) is 0 Å². The molecule has 10 heteroatoms. The molecule has 0 atom stereocenters. The van der Waals surface area contributed by atoms with E-state index in [9.17, 15) is 13.6 Å². The van der Waals surface area contributed by atoms with Crippen LogP contribution in [-0.2, 0) is 0 Å². The Morgan fingerprint density at radius 2 is 1.64 bits per heavy atom. The number of anilines is 1. The molecule has 1 fully saturated rings. The maximum atomic E-state index is 13.8. The predicted octanol–water partition coefficient (Wildman–Crippen LogP) is 4.10. The van der Waals surface area contributed by atoms with Gasteiger partial charge in [-0.3, -0.25) is 4.90 Å². The average Bonchev–Trinajstić information content (AvgIpc) is 3.27. The fourth-order valence-corrected chi connectivity index (χ4v) is 3.96. The molecule has 0 saturated carbocycles. The van der Waals surface area contributed by atoms with E-state index in [4.69, 9.17) is 13.9 Å². The van der Waals surface area contributed by atoms with E-state index in [-0.39, 0.29) is 5.75 Å². The lowest BCUT2D eigenvalue weighted by molar-refractivity contribution is 0.200. The van der Waals surface area contributed by atoms with Crippen LogP contribution in [0.2, 0.25) is 0 Å². The third-order valence-electron chi connectivity index (χ3n) is 5.87. The molecule has 186 valence electrons. The van der Waals surface area contributed by atoms with Gasteiger partial charge in [-0.2, -0.15) is 4.68 Å². The van der Waals surface area contributed by atoms with E-state index in [0.717, 1.165) is 49.5 Å². The molecule has 3 aromatic carbocycles. The number of para-hydroxylation sites is 1. The van der Waals surface area contributed by atoms with Crippen LogP contribution in [0.5, 0.6) is 17.6 Å². The number of aromatic nitrogens is 2. The number of hydrogen-bond donors (Lipinski definition) is 0. The summed E-state index contributed by atoms with van der Waals surface area (Å²) >= 11 is 0. The molecule has 1 aromatic heterocycles. The summed E-state index contributed by atoms with van der Waals surface area (Å²) < 4.78 is 43.7. The highest BCUT2D eigenvalue weighted by Gasteiger charge is 2.17. The van der Waals surface area contributed by atoms with Crippen molar-refractivity contribution in [1.29, 1.82) is 0 Å². The van der Waals surface area contributed by atoms with Crippen molar-refractivity contribution in [2.75, 3.05) is 44.2 Å². The molecule has 0 aliphatic carbocycles. The minimum atomic E-state index is -0.938. The lowest BCUT2D eigenvalue weighted by Gasteiger charge is -2.36. The van der Waals surface area contributed by atoms with E-state index >= 15 is 0 Å². The first kappa shape index (κ1) is 23.6. The molecule has 0 radical (unpaired) electrons. The molecule has 1 aliphatic heterocycles. The van der Waals surface area contributed by atoms with Gasteiger partial charge in [-0.25, -0.2) is 13.6 Å². The fourth-order valence-electron chi connectivity index (χ4n) is 3.96. The molecular formula is C26H24F2N4O4. The molecular weight excluding hydrogens is 470 g/mol. The van der Waals surface area contributed by atoms with Gasteiger partial charge >= 0.3 is 11.8 Å². The Kier molecular flexibility index (Phi) is 6.94. The standard InChI is InChI=1S/C26H24F2N4O4/c27-19-6-11-24(23(28)18-19)35-25-29-32(26(33)36-25)21-7-9-22(10-8-21)34-17-16-30-12-14-31(15-13-30)20-4-2-1-3-5-20/h1-11,18H,12-17H2. The molecule has 8 nitrogen and oxygen atoms in total. The fraction of sp³-hybridized carbons (Fsp3) is 0.231. The van der Waals surface area contributed by atoms with Crippen molar-refractivity contribution in [2.45, 2.75) is 0 Å². The topological polar surface area (TPSA) is 73.0 Å². The lowest BCUT2D eigenvalue weighted by atomic mass is 10.2. The van der Waals surface area contributed by atoms with Crippen LogP contribution in [0.25, 0.3) is 5.69 Å². The Balaban J connectivity index is 1.12. The number of benzene rings is 3. The van der Waals surface area contributed by atoms with Crippen LogP contribution in [0.4, 0.5) is 14.5 Å². The molecule has 0 spiro atoms. The third kappa shape index (κ3) is 5.55. The molecule has 5 rings (SSSR count). The second-order valence-electron chi connectivity index (χ2n) is 8.23. The van der Waals surface area contributed by atoms with Crippen molar-refractivity contribution in [3.8, 4) is 23.3 Å². The molecule has 36 heavy (non-hydrogen) atoms. The van der Waals surface area contributed by atoms with Gasteiger partial charge in [-0.05, 0) is 48.5 Å². The Bertz CT molecular complexity index is 1350. The quantitative estimate of drug-likeness (QED) is 0.365. The molecule has 0 amide bonds. The third-order valence-corrected chi connectivity index (χ3v) is 5.87. The molecule has 0 N–H and O–H groups in total. The molecule has 2 heterocycles. The Labute approximate surface area is 205 Å². The molecule has 4 aromatic rings. The molecule has 0 unspecified atom stereocenters. The minimum Gasteiger partial charge on any atom is -0.492 e. The largest absolute Gasteiger partial charge is 0.492 e. The summed E-state index contributed by atoms with van der Waals surface area (Å²) in [6, 6.07) is 19.9. The van der Waals surface area contributed by atoms with Crippen LogP contribution in [0.3, 0.4) is 0 Å². The highest BCUT2D eigenvalue weighted by atomic mass is 19.1. The second kappa shape index (κ2) is 10.6. The highest BCUT2D eigenvalue weighted by molar-refractivity contribution is 5.46. The first-order chi connectivity index (χ1) is 17.5. The van der Waals surface area contributed by atoms with Gasteiger partial charge in [-0.1, -0.05) is 23.3 Å². The Hall–Kier alpha value is -4.18. The number of ether oxygens (including phenoxy) is 2. The van der Waals surface area contributed by atoms with Gasteiger partial charge in [-0.15, -0.1) is 0 Å². The maximum absolute atomic E-state index is 13.8. The van der Waals surface area contributed by atoms with E-state index in [2.05, 4.69) is 39.2 Å². The summed E-state index contributed by atoms with van der Waals surface area (Å²) in [6.07, 6.45) is -0.460. The van der Waals surface area contributed by atoms with E-state index < -0.39 is 23.5 Å². The van der Waals surface area contributed by atoms with Crippen LogP contribution in [-0.4, -0.2) is 54.0 Å². The highest BCUT2D eigenvalue weighted by Crippen LogP contribution is 2.23. The zero-order chi connectivity index (χ0) is 24.9. The summed E-state index contributed by atoms with van der Waals surface area (Å²) in [7, 11) is 0. The van der Waals surface area contributed by atoms with Gasteiger partial charge in [0, 0.05) is 44.5 Å². The summed E-state index contributed by atoms with van der Waals surface area (Å²) in [5, 5.41) is 3.92. The average molecular weight is 494 g/mol. The van der Waals surface area contributed by atoms with Gasteiger partial charge in [0.1, 0.15) is 18.2 Å². The second-order valence-corrected chi connectivity index (χ2v) is 8.23. The molecule has 0 bridgehead atoms. The number of rotatable bonds is 8. The Morgan fingerprint density at radius 3 is 2.36 bits per heavy atom. The van der Waals surface area contributed by atoms with E-state index in [1.54, 1.807) is 24.3 Å². The van der Waals surface area contributed by atoms with Crippen LogP contribution in [0.15, 0.2) is 82.0 Å². The van der Waals surface area contributed by atoms with Gasteiger partial charge in [0.05, 0.1) is 5.69 Å². The van der Waals surface area contributed by atoms with E-state index in [1.165, 1.54) is 5.69 Å². The number of nitrogens with zero attached hydrogens (tertiary/aromatic N) is 4. The zero-order valence-corrected chi connectivity index (χ0v) is 19.3. The number of halogens is 2. The number of piperazine rings is 1. The van der Waals surface area contributed by atoms with Crippen LogP contribution in [0, 0.1) is 11.6 Å². The monoisotopic (exact) mass is 494 g/mol. The van der Waals surface area contributed by atoms with Gasteiger partial charge in [0.15, 0.2) is 11.6 Å². The summed E-state index contributed by atoms with van der Waals surface area (Å²) in [4.78, 5) is 16.9. The Morgan fingerprint density at radius 1 is 0.889 bits per heavy atom. The van der Waals surface area contributed by atoms with Crippen LogP contribution >= 0.6 is 0 Å². The van der Waals surface area contributed by atoms with Crippen molar-refractivity contribution in [1.82, 2.24) is 14.7 Å². The molecule has 1 aliphatic rings. The SMILES string of the molecule is O=c1oc(Oc2ccc(F)cc2F)nn1-c1ccc(OCCN2CCN(c3ccccc3)CC2)cc1. The summed E-state index contributed by atoms with van der Waals surface area (Å²) in [5.41, 5.74) is 1.67. The van der Waals surface area contributed by atoms with Crippen LogP contribution < -0.4 is 20.1 Å². The lowest BCUT2D eigenvalue weighted by Crippen LogP contribution is -2.47. The smallest absolute Gasteiger partial charge is 0.444 e. The normalized spacial score (nSPS) is 14.1. The zero-order valence-electron chi connectivity index (χ0n) is 19.3. The summed E-state index contributed by atoms with van der Waals surface area (Å²) in [6.45, 7) is 5.25. The van der Waals surface area contributed by atoms with Crippen LogP contribution in [0.1, 0.15) is 0 Å².